The second kappa shape index (κ2) is 7.76. The molecule has 1 heterocycles. The minimum Gasteiger partial charge on any atom is -0.361 e. The lowest BCUT2D eigenvalue weighted by Crippen LogP contribution is -2.14. The molecule has 136 valence electrons. The van der Waals surface area contributed by atoms with E-state index in [2.05, 4.69) is 14.6 Å². The lowest BCUT2D eigenvalue weighted by molar-refractivity contribution is 0.414. The summed E-state index contributed by atoms with van der Waals surface area (Å²) in [6.07, 6.45) is 4.47. The van der Waals surface area contributed by atoms with Crippen LogP contribution in [0.15, 0.2) is 60.1 Å². The fraction of sp³-hybridized carbons (Fsp3) is 0.200. The van der Waals surface area contributed by atoms with Crippen molar-refractivity contribution in [3.05, 3.63) is 71.3 Å². The molecular weight excluding hydrogens is 346 g/mol. The molecule has 3 rings (SSSR count). The van der Waals surface area contributed by atoms with E-state index in [9.17, 15) is 8.42 Å². The maximum atomic E-state index is 12.3. The van der Waals surface area contributed by atoms with E-state index in [0.29, 0.717) is 5.69 Å². The Morgan fingerprint density at radius 3 is 2.62 bits per heavy atom. The fourth-order valence-electron chi connectivity index (χ4n) is 2.72. The number of fused-ring (bicyclic) bond motifs is 1. The molecule has 0 amide bonds. The van der Waals surface area contributed by atoms with Crippen molar-refractivity contribution in [2.45, 2.75) is 6.42 Å². The van der Waals surface area contributed by atoms with E-state index in [-0.39, 0.29) is 0 Å². The molecule has 2 N–H and O–H groups in total. The summed E-state index contributed by atoms with van der Waals surface area (Å²) >= 11 is 0. The van der Waals surface area contributed by atoms with E-state index in [1.165, 1.54) is 11.0 Å². The largest absolute Gasteiger partial charge is 0.361 e. The number of anilines is 1. The Kier molecular flexibility index (Phi) is 5.44. The highest BCUT2D eigenvalue weighted by Gasteiger charge is 2.09. The zero-order valence-corrected chi connectivity index (χ0v) is 15.8. The van der Waals surface area contributed by atoms with Crippen molar-refractivity contribution in [2.24, 2.45) is 0 Å². The zero-order valence-electron chi connectivity index (χ0n) is 14.9. The van der Waals surface area contributed by atoms with Gasteiger partial charge in [0.15, 0.2) is 0 Å². The summed E-state index contributed by atoms with van der Waals surface area (Å²) in [5.74, 6) is 0. The van der Waals surface area contributed by atoms with Crippen molar-refractivity contribution in [1.82, 2.24) is 9.88 Å². The van der Waals surface area contributed by atoms with Gasteiger partial charge in [0, 0.05) is 29.3 Å². The lowest BCUT2D eigenvalue weighted by Gasteiger charge is -2.09. The highest BCUT2D eigenvalue weighted by Crippen LogP contribution is 2.24. The predicted molar refractivity (Wildman–Crippen MR) is 109 cm³/mol. The smallest absolute Gasteiger partial charge is 0.255 e. The summed E-state index contributed by atoms with van der Waals surface area (Å²) in [4.78, 5) is 5.36. The van der Waals surface area contributed by atoms with E-state index in [0.717, 1.165) is 29.4 Å². The summed E-state index contributed by atoms with van der Waals surface area (Å²) in [6, 6.07) is 14.9. The third-order valence-electron chi connectivity index (χ3n) is 4.10. The number of sulfonamides is 1. The normalized spacial score (nSPS) is 12.3. The van der Waals surface area contributed by atoms with Crippen molar-refractivity contribution >= 4 is 32.7 Å². The minimum absolute atomic E-state index is 0.556. The van der Waals surface area contributed by atoms with Gasteiger partial charge in [-0.2, -0.15) is 0 Å². The molecule has 0 saturated heterocycles. The van der Waals surface area contributed by atoms with Crippen LogP contribution in [0.25, 0.3) is 17.0 Å². The molecule has 5 nitrogen and oxygen atoms in total. The summed E-state index contributed by atoms with van der Waals surface area (Å²) in [6.45, 7) is 0.933. The van der Waals surface area contributed by atoms with Gasteiger partial charge in [0.25, 0.3) is 10.0 Å². The molecule has 3 aromatic rings. The SMILES string of the molecule is CN(C)CCc1c[nH]c2ccc(NS(=O)(=O)C=Cc3ccccc3)cc12. The number of nitrogens with one attached hydrogen (secondary N) is 2. The van der Waals surface area contributed by atoms with Crippen LogP contribution in [0.3, 0.4) is 0 Å². The Morgan fingerprint density at radius 2 is 1.88 bits per heavy atom. The molecule has 2 aromatic carbocycles. The number of nitrogens with zero attached hydrogens (tertiary/aromatic N) is 1. The van der Waals surface area contributed by atoms with Crippen LogP contribution in [0.2, 0.25) is 0 Å². The highest BCUT2D eigenvalue weighted by molar-refractivity contribution is 7.95. The lowest BCUT2D eigenvalue weighted by atomic mass is 10.1. The molecule has 0 atom stereocenters. The number of hydrogen-bond donors (Lipinski definition) is 2. The average Bonchev–Trinajstić information content (AvgIpc) is 3.01. The van der Waals surface area contributed by atoms with Gasteiger partial charge >= 0.3 is 0 Å². The van der Waals surface area contributed by atoms with Crippen LogP contribution in [0.1, 0.15) is 11.1 Å². The Balaban J connectivity index is 1.79. The Labute approximate surface area is 154 Å². The fourth-order valence-corrected chi connectivity index (χ4v) is 3.58. The first-order chi connectivity index (χ1) is 12.4. The van der Waals surface area contributed by atoms with Crippen LogP contribution in [0, 0.1) is 0 Å². The van der Waals surface area contributed by atoms with Crippen LogP contribution >= 0.6 is 0 Å². The third kappa shape index (κ3) is 4.74. The van der Waals surface area contributed by atoms with E-state index < -0.39 is 10.0 Å². The van der Waals surface area contributed by atoms with Gasteiger partial charge in [-0.15, -0.1) is 0 Å². The van der Waals surface area contributed by atoms with E-state index in [1.54, 1.807) is 12.1 Å². The second-order valence-electron chi connectivity index (χ2n) is 6.49. The van der Waals surface area contributed by atoms with Gasteiger partial charge in [0.05, 0.1) is 5.41 Å². The predicted octanol–water partition coefficient (Wildman–Crippen LogP) is 3.68. The van der Waals surface area contributed by atoms with E-state index in [4.69, 9.17) is 0 Å². The van der Waals surface area contributed by atoms with Crippen LogP contribution in [-0.4, -0.2) is 38.9 Å². The van der Waals surface area contributed by atoms with Crippen LogP contribution in [-0.2, 0) is 16.4 Å². The van der Waals surface area contributed by atoms with Crippen molar-refractivity contribution in [3.63, 3.8) is 0 Å². The number of rotatable bonds is 7. The summed E-state index contributed by atoms with van der Waals surface area (Å²) in [5, 5.41) is 2.23. The van der Waals surface area contributed by atoms with Crippen molar-refractivity contribution in [2.75, 3.05) is 25.4 Å². The van der Waals surface area contributed by atoms with Crippen LogP contribution in [0.4, 0.5) is 5.69 Å². The first-order valence-corrected chi connectivity index (χ1v) is 9.98. The van der Waals surface area contributed by atoms with Gasteiger partial charge in [-0.05, 0) is 55.9 Å². The summed E-state index contributed by atoms with van der Waals surface area (Å²) < 4.78 is 27.3. The quantitative estimate of drug-likeness (QED) is 0.668. The van der Waals surface area contributed by atoms with Gasteiger partial charge in [0.1, 0.15) is 0 Å². The molecule has 6 heteroatoms. The molecule has 0 radical (unpaired) electrons. The van der Waals surface area contributed by atoms with E-state index >= 15 is 0 Å². The Morgan fingerprint density at radius 1 is 1.12 bits per heavy atom. The first-order valence-electron chi connectivity index (χ1n) is 8.44. The topological polar surface area (TPSA) is 65.2 Å². The van der Waals surface area contributed by atoms with Gasteiger partial charge in [-0.25, -0.2) is 8.42 Å². The number of hydrogen-bond acceptors (Lipinski definition) is 3. The van der Waals surface area contributed by atoms with Crippen LogP contribution < -0.4 is 4.72 Å². The first kappa shape index (κ1) is 18.2. The molecular formula is C20H23N3O2S. The van der Waals surface area contributed by atoms with Gasteiger partial charge < -0.3 is 9.88 Å². The Bertz CT molecular complexity index is 1010. The molecule has 0 unspecified atom stereocenters. The highest BCUT2D eigenvalue weighted by atomic mass is 32.2. The van der Waals surface area contributed by atoms with Crippen molar-refractivity contribution < 1.29 is 8.42 Å². The molecule has 1 aromatic heterocycles. The zero-order chi connectivity index (χ0) is 18.6. The maximum Gasteiger partial charge on any atom is 0.255 e. The third-order valence-corrected chi connectivity index (χ3v) is 5.11. The summed E-state index contributed by atoms with van der Waals surface area (Å²) in [7, 11) is 0.498. The monoisotopic (exact) mass is 369 g/mol. The summed E-state index contributed by atoms with van der Waals surface area (Å²) in [5.41, 5.74) is 3.57. The molecule has 0 fully saturated rings. The van der Waals surface area contributed by atoms with E-state index in [1.807, 2.05) is 62.8 Å². The Hall–Kier alpha value is -2.57. The molecule has 0 aliphatic rings. The second-order valence-corrected chi connectivity index (χ2v) is 8.05. The number of aromatic nitrogens is 1. The molecule has 26 heavy (non-hydrogen) atoms. The van der Waals surface area contributed by atoms with Crippen LogP contribution in [0.5, 0.6) is 0 Å². The number of likely N-dealkylation sites (N-methyl/N-ethyl adjacent to an activating group) is 1. The van der Waals surface area contributed by atoms with Gasteiger partial charge in [-0.3, -0.25) is 4.72 Å². The molecule has 0 saturated carbocycles. The van der Waals surface area contributed by atoms with Crippen molar-refractivity contribution in [3.8, 4) is 0 Å². The number of benzene rings is 2. The molecule has 0 aliphatic carbocycles. The average molecular weight is 369 g/mol. The minimum atomic E-state index is -3.57. The van der Waals surface area contributed by atoms with Gasteiger partial charge in [0.2, 0.25) is 0 Å². The number of aromatic amines is 1. The standard InChI is InChI=1S/C20H23N3O2S/c1-23(2)12-10-17-15-21-20-9-8-18(14-19(17)20)22-26(24,25)13-11-16-6-4-3-5-7-16/h3-9,11,13-15,21-22H,10,12H2,1-2H3. The molecule has 0 aliphatic heterocycles. The van der Waals surface area contributed by atoms with Gasteiger partial charge in [-0.1, -0.05) is 30.3 Å². The maximum absolute atomic E-state index is 12.3. The number of H-pyrrole nitrogens is 1. The molecule has 0 spiro atoms. The van der Waals surface area contributed by atoms with Crippen molar-refractivity contribution in [1.29, 1.82) is 0 Å². The molecule has 0 bridgehead atoms.